The molecule has 0 unspecified atom stereocenters. The lowest BCUT2D eigenvalue weighted by atomic mass is 10.2. The van der Waals surface area contributed by atoms with E-state index in [1.54, 1.807) is 0 Å². The van der Waals surface area contributed by atoms with E-state index in [1.807, 2.05) is 41.8 Å². The number of hydrogen-bond acceptors (Lipinski definition) is 1. The minimum absolute atomic E-state index is 0.299. The summed E-state index contributed by atoms with van der Waals surface area (Å²) in [5, 5.41) is 1.29. The Bertz CT molecular complexity index is 843. The van der Waals surface area contributed by atoms with E-state index in [0.717, 1.165) is 31.7 Å². The molecule has 1 aromatic heterocycles. The van der Waals surface area contributed by atoms with E-state index in [2.05, 4.69) is 27.6 Å². The summed E-state index contributed by atoms with van der Waals surface area (Å²) in [6.45, 7) is 1.93. The Kier molecular flexibility index (Phi) is 4.37. The van der Waals surface area contributed by atoms with Crippen molar-refractivity contribution in [2.45, 2.75) is 12.8 Å². The highest BCUT2D eigenvalue weighted by atomic mass is 127. The van der Waals surface area contributed by atoms with Crippen LogP contribution in [0.5, 0.6) is 0 Å². The lowest BCUT2D eigenvalue weighted by molar-refractivity contribution is 0.981. The average molecular weight is 452 g/mol. The Morgan fingerprint density at radius 3 is 2.62 bits per heavy atom. The number of fused-ring (bicyclic) bond motifs is 1. The normalized spacial score (nSPS) is 11.3. The van der Waals surface area contributed by atoms with Crippen LogP contribution in [0.2, 0.25) is 10.0 Å². The summed E-state index contributed by atoms with van der Waals surface area (Å²) < 4.78 is 3.09. The molecule has 3 rings (SSSR count). The summed E-state index contributed by atoms with van der Waals surface area (Å²) in [7, 11) is 0. The van der Waals surface area contributed by atoms with Gasteiger partial charge in [0.05, 0.1) is 27.6 Å². The molecule has 0 amide bonds. The first kappa shape index (κ1) is 15.4. The van der Waals surface area contributed by atoms with Crippen molar-refractivity contribution in [2.24, 2.45) is 0 Å². The Morgan fingerprint density at radius 2 is 1.90 bits per heavy atom. The van der Waals surface area contributed by atoms with Gasteiger partial charge in [-0.3, -0.25) is 4.57 Å². The summed E-state index contributed by atoms with van der Waals surface area (Å²) in [6, 6.07) is 9.78. The number of hydrogen-bond donors (Lipinski definition) is 0. The smallest absolute Gasteiger partial charge is 0.129 e. The highest BCUT2D eigenvalue weighted by Crippen LogP contribution is 2.32. The molecule has 0 spiro atoms. The van der Waals surface area contributed by atoms with E-state index < -0.39 is 0 Å². The van der Waals surface area contributed by atoms with Crippen LogP contribution < -0.4 is 0 Å². The van der Waals surface area contributed by atoms with Gasteiger partial charge in [0, 0.05) is 8.59 Å². The van der Waals surface area contributed by atoms with E-state index in [-0.39, 0.29) is 0 Å². The number of benzene rings is 2. The van der Waals surface area contributed by atoms with Crippen molar-refractivity contribution in [2.75, 3.05) is 0 Å². The Balaban J connectivity index is 2.36. The van der Waals surface area contributed by atoms with Crippen molar-refractivity contribution in [3.8, 4) is 5.69 Å². The molecule has 108 valence electrons. The zero-order valence-corrected chi connectivity index (χ0v) is 15.4. The molecule has 0 saturated carbocycles. The van der Waals surface area contributed by atoms with E-state index >= 15 is 0 Å². The van der Waals surface area contributed by atoms with Gasteiger partial charge in [0.1, 0.15) is 5.82 Å². The molecule has 0 atom stereocenters. The topological polar surface area (TPSA) is 17.8 Å². The van der Waals surface area contributed by atoms with Gasteiger partial charge >= 0.3 is 0 Å². The van der Waals surface area contributed by atoms with E-state index in [9.17, 15) is 0 Å². The molecule has 2 nitrogen and oxygen atoms in total. The van der Waals surface area contributed by atoms with Crippen molar-refractivity contribution < 1.29 is 0 Å². The fourth-order valence-corrected chi connectivity index (χ4v) is 3.38. The second-order valence-electron chi connectivity index (χ2n) is 4.68. The third-order valence-corrected chi connectivity index (χ3v) is 4.89. The summed E-state index contributed by atoms with van der Waals surface area (Å²) in [5.41, 5.74) is 3.60. The first-order chi connectivity index (χ1) is 10.0. The van der Waals surface area contributed by atoms with Gasteiger partial charge in [-0.25, -0.2) is 4.98 Å². The predicted molar refractivity (Wildman–Crippen MR) is 98.1 cm³/mol. The van der Waals surface area contributed by atoms with Crippen LogP contribution in [0, 0.1) is 10.5 Å². The Morgan fingerprint density at radius 1 is 1.14 bits per heavy atom. The molecular formula is C15H10Cl3IN2. The number of aryl methyl sites for hydroxylation is 1. The second-order valence-corrected chi connectivity index (χ2v) is 7.01. The largest absolute Gasteiger partial charge is 0.294 e. The van der Waals surface area contributed by atoms with Gasteiger partial charge in [-0.1, -0.05) is 23.2 Å². The van der Waals surface area contributed by atoms with Gasteiger partial charge in [-0.05, 0) is 65.4 Å². The van der Waals surface area contributed by atoms with Crippen LogP contribution in [-0.2, 0) is 5.88 Å². The van der Waals surface area contributed by atoms with Crippen LogP contribution in [0.1, 0.15) is 11.4 Å². The lowest BCUT2D eigenvalue weighted by Gasteiger charge is -2.12. The van der Waals surface area contributed by atoms with Crippen molar-refractivity contribution in [3.05, 3.63) is 55.3 Å². The third kappa shape index (κ3) is 2.77. The molecule has 6 heteroatoms. The number of aromatic nitrogens is 2. The molecule has 0 fully saturated rings. The minimum Gasteiger partial charge on any atom is -0.294 e. The van der Waals surface area contributed by atoms with E-state index in [4.69, 9.17) is 34.8 Å². The summed E-state index contributed by atoms with van der Waals surface area (Å²) in [6.07, 6.45) is 0. The van der Waals surface area contributed by atoms with Gasteiger partial charge in [0.15, 0.2) is 0 Å². The molecule has 0 radical (unpaired) electrons. The molecule has 0 aliphatic heterocycles. The molecule has 0 bridgehead atoms. The maximum Gasteiger partial charge on any atom is 0.129 e. The monoisotopic (exact) mass is 450 g/mol. The Labute approximate surface area is 151 Å². The van der Waals surface area contributed by atoms with Gasteiger partial charge in [-0.15, -0.1) is 11.6 Å². The molecule has 0 N–H and O–H groups in total. The number of nitrogens with zero attached hydrogens (tertiary/aromatic N) is 2. The van der Waals surface area contributed by atoms with Gasteiger partial charge < -0.3 is 0 Å². The second kappa shape index (κ2) is 5.95. The zero-order valence-electron chi connectivity index (χ0n) is 11.0. The standard InChI is InChI=1S/C15H10Cl3IN2/c1-8-4-11(18)14(6-10(8)17)21-13-3-2-9(19)5-12(13)20-15(21)7-16/h2-6H,7H2,1H3. The minimum atomic E-state index is 0.299. The van der Waals surface area contributed by atoms with E-state index in [0.29, 0.717) is 15.9 Å². The number of imidazole rings is 1. The third-order valence-electron chi connectivity index (χ3n) is 3.27. The summed E-state index contributed by atoms with van der Waals surface area (Å²) >= 11 is 21.0. The highest BCUT2D eigenvalue weighted by Gasteiger charge is 2.15. The molecular weight excluding hydrogens is 441 g/mol. The molecule has 0 aliphatic rings. The van der Waals surface area contributed by atoms with Gasteiger partial charge in [-0.2, -0.15) is 0 Å². The SMILES string of the molecule is Cc1cc(Cl)c(-n2c(CCl)nc3cc(I)ccc32)cc1Cl. The molecule has 0 aliphatic carbocycles. The first-order valence-corrected chi connectivity index (χ1v) is 8.57. The van der Waals surface area contributed by atoms with Crippen LogP contribution >= 0.6 is 57.4 Å². The zero-order chi connectivity index (χ0) is 15.1. The first-order valence-electron chi connectivity index (χ1n) is 6.20. The van der Waals surface area contributed by atoms with Crippen molar-refractivity contribution >= 4 is 68.4 Å². The summed E-state index contributed by atoms with van der Waals surface area (Å²) in [4.78, 5) is 4.59. The van der Waals surface area contributed by atoms with Crippen LogP contribution in [0.4, 0.5) is 0 Å². The Hall–Kier alpha value is -0.490. The quantitative estimate of drug-likeness (QED) is 0.346. The molecule has 1 heterocycles. The van der Waals surface area contributed by atoms with Crippen molar-refractivity contribution in [1.82, 2.24) is 9.55 Å². The fourth-order valence-electron chi connectivity index (χ4n) is 2.27. The number of halogens is 4. The molecule has 3 aromatic rings. The van der Waals surface area contributed by atoms with Crippen LogP contribution in [0.3, 0.4) is 0 Å². The van der Waals surface area contributed by atoms with E-state index in [1.165, 1.54) is 0 Å². The molecule has 2 aromatic carbocycles. The number of alkyl halides is 1. The highest BCUT2D eigenvalue weighted by molar-refractivity contribution is 14.1. The summed E-state index contributed by atoms with van der Waals surface area (Å²) in [5.74, 6) is 1.04. The van der Waals surface area contributed by atoms with Crippen molar-refractivity contribution in [3.63, 3.8) is 0 Å². The van der Waals surface area contributed by atoms with Crippen LogP contribution in [-0.4, -0.2) is 9.55 Å². The lowest BCUT2D eigenvalue weighted by Crippen LogP contribution is -2.00. The maximum atomic E-state index is 6.40. The molecule has 21 heavy (non-hydrogen) atoms. The van der Waals surface area contributed by atoms with Gasteiger partial charge in [0.25, 0.3) is 0 Å². The number of rotatable bonds is 2. The van der Waals surface area contributed by atoms with Gasteiger partial charge in [0.2, 0.25) is 0 Å². The van der Waals surface area contributed by atoms with Crippen LogP contribution in [0.25, 0.3) is 16.7 Å². The average Bonchev–Trinajstić information content (AvgIpc) is 2.80. The fraction of sp³-hybridized carbons (Fsp3) is 0.133. The molecule has 0 saturated heterocycles. The predicted octanol–water partition coefficient (Wildman–Crippen LogP) is 5.98. The van der Waals surface area contributed by atoms with Crippen LogP contribution in [0.15, 0.2) is 30.3 Å². The maximum absolute atomic E-state index is 6.40. The van der Waals surface area contributed by atoms with Crippen molar-refractivity contribution in [1.29, 1.82) is 0 Å².